The molecular formula is C17H21N3O3. The molecule has 0 aliphatic carbocycles. The Bertz CT molecular complexity index is 643. The Morgan fingerprint density at radius 2 is 2.13 bits per heavy atom. The molecule has 1 aromatic rings. The van der Waals surface area contributed by atoms with Crippen LogP contribution in [0.5, 0.6) is 0 Å². The van der Waals surface area contributed by atoms with E-state index in [2.05, 4.69) is 5.32 Å². The first kappa shape index (κ1) is 16.8. The van der Waals surface area contributed by atoms with E-state index in [1.165, 1.54) is 4.90 Å². The van der Waals surface area contributed by atoms with Gasteiger partial charge in [-0.1, -0.05) is 6.07 Å². The van der Waals surface area contributed by atoms with E-state index in [0.717, 1.165) is 6.42 Å². The lowest BCUT2D eigenvalue weighted by atomic mass is 10.2. The van der Waals surface area contributed by atoms with Gasteiger partial charge in [-0.25, -0.2) is 4.79 Å². The van der Waals surface area contributed by atoms with E-state index in [0.29, 0.717) is 24.2 Å². The fraction of sp³-hybridized carbons (Fsp3) is 0.471. The van der Waals surface area contributed by atoms with Crippen molar-refractivity contribution in [3.8, 4) is 6.07 Å². The summed E-state index contributed by atoms with van der Waals surface area (Å²) in [4.78, 5) is 26.1. The molecular weight excluding hydrogens is 294 g/mol. The van der Waals surface area contributed by atoms with Gasteiger partial charge in [0.1, 0.15) is 11.6 Å². The molecule has 23 heavy (non-hydrogen) atoms. The van der Waals surface area contributed by atoms with E-state index in [4.69, 9.17) is 10.00 Å². The number of amides is 2. The molecule has 1 N–H and O–H groups in total. The number of hydrogen-bond donors (Lipinski definition) is 1. The summed E-state index contributed by atoms with van der Waals surface area (Å²) in [6.45, 7) is 5.89. The van der Waals surface area contributed by atoms with Gasteiger partial charge >= 0.3 is 6.09 Å². The van der Waals surface area contributed by atoms with E-state index < -0.39 is 17.7 Å². The Morgan fingerprint density at radius 1 is 1.39 bits per heavy atom. The third-order valence-electron chi connectivity index (χ3n) is 3.44. The number of benzene rings is 1. The number of nitrogens with zero attached hydrogens (tertiary/aromatic N) is 2. The van der Waals surface area contributed by atoms with Gasteiger partial charge < -0.3 is 10.1 Å². The van der Waals surface area contributed by atoms with Crippen molar-refractivity contribution in [2.45, 2.75) is 45.3 Å². The second-order valence-corrected chi connectivity index (χ2v) is 6.51. The maximum absolute atomic E-state index is 12.5. The molecule has 1 heterocycles. The number of carbonyl (C=O) groups is 2. The molecule has 0 saturated carbocycles. The maximum Gasteiger partial charge on any atom is 0.410 e. The van der Waals surface area contributed by atoms with Crippen LogP contribution in [0, 0.1) is 11.3 Å². The standard InChI is InChI=1S/C17H21N3O3/c1-17(2,3)23-16(22)20-9-5-8-14(20)15(21)19-13-7-4-6-12(10-13)11-18/h4,6-7,10,14H,5,8-9H2,1-3H3,(H,19,21). The summed E-state index contributed by atoms with van der Waals surface area (Å²) in [5.74, 6) is -0.261. The lowest BCUT2D eigenvalue weighted by molar-refractivity contribution is -0.120. The van der Waals surface area contributed by atoms with Gasteiger partial charge in [-0.2, -0.15) is 5.26 Å². The number of rotatable bonds is 2. The SMILES string of the molecule is CC(C)(C)OC(=O)N1CCCC1C(=O)Nc1cccc(C#N)c1. The van der Waals surface area contributed by atoms with E-state index >= 15 is 0 Å². The van der Waals surface area contributed by atoms with Crippen molar-refractivity contribution >= 4 is 17.7 Å². The van der Waals surface area contributed by atoms with E-state index in [9.17, 15) is 9.59 Å². The van der Waals surface area contributed by atoms with Crippen molar-refractivity contribution in [1.82, 2.24) is 4.90 Å². The zero-order chi connectivity index (χ0) is 17.0. The fourth-order valence-electron chi connectivity index (χ4n) is 2.47. The molecule has 6 nitrogen and oxygen atoms in total. The quantitative estimate of drug-likeness (QED) is 0.909. The first-order valence-corrected chi connectivity index (χ1v) is 7.61. The third kappa shape index (κ3) is 4.46. The molecule has 1 aromatic carbocycles. The van der Waals surface area contributed by atoms with Crippen LogP contribution in [-0.4, -0.2) is 35.1 Å². The minimum absolute atomic E-state index is 0.261. The number of ether oxygens (including phenoxy) is 1. The van der Waals surface area contributed by atoms with Crippen LogP contribution in [0.1, 0.15) is 39.2 Å². The van der Waals surface area contributed by atoms with Crippen molar-refractivity contribution < 1.29 is 14.3 Å². The summed E-state index contributed by atoms with van der Waals surface area (Å²) in [5, 5.41) is 11.7. The topological polar surface area (TPSA) is 82.4 Å². The number of nitrogens with one attached hydrogen (secondary N) is 1. The van der Waals surface area contributed by atoms with Gasteiger partial charge in [-0.05, 0) is 51.8 Å². The summed E-state index contributed by atoms with van der Waals surface area (Å²) in [6, 6.07) is 8.16. The largest absolute Gasteiger partial charge is 0.444 e. The number of likely N-dealkylation sites (tertiary alicyclic amines) is 1. The highest BCUT2D eigenvalue weighted by molar-refractivity contribution is 5.97. The molecule has 0 radical (unpaired) electrons. The Morgan fingerprint density at radius 3 is 2.78 bits per heavy atom. The van der Waals surface area contributed by atoms with Crippen molar-refractivity contribution in [2.24, 2.45) is 0 Å². The molecule has 1 aliphatic heterocycles. The highest BCUT2D eigenvalue weighted by Crippen LogP contribution is 2.22. The van der Waals surface area contributed by atoms with Crippen LogP contribution < -0.4 is 5.32 Å². The van der Waals surface area contributed by atoms with Crippen molar-refractivity contribution in [1.29, 1.82) is 5.26 Å². The molecule has 0 bridgehead atoms. The second kappa shape index (κ2) is 6.69. The van der Waals surface area contributed by atoms with E-state index in [1.54, 1.807) is 45.0 Å². The van der Waals surface area contributed by atoms with Crippen LogP contribution >= 0.6 is 0 Å². The van der Waals surface area contributed by atoms with Crippen LogP contribution in [0.4, 0.5) is 10.5 Å². The Hall–Kier alpha value is -2.55. The van der Waals surface area contributed by atoms with Crippen LogP contribution in [0.25, 0.3) is 0 Å². The zero-order valence-corrected chi connectivity index (χ0v) is 13.6. The molecule has 2 rings (SSSR count). The Balaban J connectivity index is 2.05. The first-order chi connectivity index (χ1) is 10.8. The van der Waals surface area contributed by atoms with Crippen molar-refractivity contribution in [3.05, 3.63) is 29.8 Å². The molecule has 6 heteroatoms. The van der Waals surface area contributed by atoms with Gasteiger partial charge in [0.2, 0.25) is 5.91 Å². The number of hydrogen-bond acceptors (Lipinski definition) is 4. The van der Waals surface area contributed by atoms with Gasteiger partial charge in [0.25, 0.3) is 0 Å². The molecule has 0 aromatic heterocycles. The van der Waals surface area contributed by atoms with E-state index in [1.807, 2.05) is 6.07 Å². The minimum Gasteiger partial charge on any atom is -0.444 e. The van der Waals surface area contributed by atoms with Crippen molar-refractivity contribution in [3.63, 3.8) is 0 Å². The predicted octanol–water partition coefficient (Wildman–Crippen LogP) is 2.90. The summed E-state index contributed by atoms with van der Waals surface area (Å²) in [6.07, 6.45) is 0.888. The fourth-order valence-corrected chi connectivity index (χ4v) is 2.47. The molecule has 1 saturated heterocycles. The molecule has 1 fully saturated rings. The molecule has 1 unspecified atom stereocenters. The van der Waals surface area contributed by atoms with Crippen LogP contribution in [0.3, 0.4) is 0 Å². The third-order valence-corrected chi connectivity index (χ3v) is 3.44. The average Bonchev–Trinajstić information content (AvgIpc) is 2.95. The summed E-state index contributed by atoms with van der Waals surface area (Å²) in [7, 11) is 0. The highest BCUT2D eigenvalue weighted by Gasteiger charge is 2.36. The number of nitriles is 1. The average molecular weight is 315 g/mol. The normalized spacial score (nSPS) is 17.5. The lowest BCUT2D eigenvalue weighted by Gasteiger charge is -2.28. The van der Waals surface area contributed by atoms with Crippen LogP contribution in [-0.2, 0) is 9.53 Å². The second-order valence-electron chi connectivity index (χ2n) is 6.51. The molecule has 2 amide bonds. The number of carbonyl (C=O) groups excluding carboxylic acids is 2. The van der Waals surface area contributed by atoms with Crippen molar-refractivity contribution in [2.75, 3.05) is 11.9 Å². The lowest BCUT2D eigenvalue weighted by Crippen LogP contribution is -2.45. The molecule has 122 valence electrons. The Labute approximate surface area is 136 Å². The summed E-state index contributed by atoms with van der Waals surface area (Å²) in [5.41, 5.74) is 0.422. The van der Waals surface area contributed by atoms with Gasteiger partial charge in [-0.15, -0.1) is 0 Å². The molecule has 1 aliphatic rings. The summed E-state index contributed by atoms with van der Waals surface area (Å²) < 4.78 is 5.35. The van der Waals surface area contributed by atoms with Gasteiger partial charge in [0.15, 0.2) is 0 Å². The maximum atomic E-state index is 12.5. The molecule has 1 atom stereocenters. The smallest absolute Gasteiger partial charge is 0.410 e. The first-order valence-electron chi connectivity index (χ1n) is 7.61. The monoisotopic (exact) mass is 315 g/mol. The van der Waals surface area contributed by atoms with E-state index in [-0.39, 0.29) is 5.91 Å². The zero-order valence-electron chi connectivity index (χ0n) is 13.6. The minimum atomic E-state index is -0.595. The van der Waals surface area contributed by atoms with Gasteiger partial charge in [0, 0.05) is 12.2 Å². The highest BCUT2D eigenvalue weighted by atomic mass is 16.6. The van der Waals surface area contributed by atoms with Gasteiger partial charge in [-0.3, -0.25) is 9.69 Å². The van der Waals surface area contributed by atoms with Crippen LogP contribution in [0.2, 0.25) is 0 Å². The number of anilines is 1. The van der Waals surface area contributed by atoms with Gasteiger partial charge in [0.05, 0.1) is 11.6 Å². The predicted molar refractivity (Wildman–Crippen MR) is 85.7 cm³/mol. The Kier molecular flexibility index (Phi) is 4.89. The van der Waals surface area contributed by atoms with Crippen LogP contribution in [0.15, 0.2) is 24.3 Å². The molecule has 0 spiro atoms. The summed E-state index contributed by atoms with van der Waals surface area (Å²) >= 11 is 0.